The van der Waals surface area contributed by atoms with E-state index in [2.05, 4.69) is 54.5 Å². The van der Waals surface area contributed by atoms with Crippen molar-refractivity contribution in [1.82, 2.24) is 52.3 Å². The summed E-state index contributed by atoms with van der Waals surface area (Å²) in [5, 5.41) is 40.6. The number of primary amides is 3. The van der Waals surface area contributed by atoms with Gasteiger partial charge in [-0.2, -0.15) is 0 Å². The van der Waals surface area contributed by atoms with Gasteiger partial charge in [-0.25, -0.2) is 0 Å². The average Bonchev–Trinajstić information content (AvgIpc) is 3.46. The second-order valence-corrected chi connectivity index (χ2v) is 23.0. The zero-order valence-corrected chi connectivity index (χ0v) is 51.5. The number of carboxylic acid groups (broad SMARTS) is 1. The highest BCUT2D eigenvalue weighted by Gasteiger charge is 2.44. The number of carbonyl (C=O) groups excluding carboxylic acids is 13. The first-order valence-electron chi connectivity index (χ1n) is 30.2. The Morgan fingerprint density at radius 1 is 0.602 bits per heavy atom. The fraction of sp³-hybridized carbons (Fsp3) is 0.732. The minimum absolute atomic E-state index is 0.0261. The van der Waals surface area contributed by atoms with Crippen LogP contribution in [0.2, 0.25) is 0 Å². The van der Waals surface area contributed by atoms with Crippen LogP contribution in [-0.2, 0) is 67.1 Å². The Bertz CT molecular complexity index is 2480. The third-order valence-corrected chi connectivity index (χ3v) is 15.2. The number of nitrogens with one attached hydrogen (secondary N) is 8. The standard InChI is InChI=1S/C56H96N16O16/c1-7-8-9-10-11-12-13-14-15-16-19-31(4)45-46(79)53(86)69-44(30(2)3)52(85)64-32(5)47(80)67-36(27-43(77)78)50(83)68-35(26-40(58)74)49(82)66-33(22-23-39(57)73)48(81)63-29-42(76)65-34(20-17-24-62-56(60)61)54(87)71(6)38(28-41(59)75)55(88)72-25-18-21-37(72)51(84)70-45/h30-38,44-46,79H,7-29H2,1-6H3,(H2,57,73)(H2,58,74)(H2,59,75)(H,63,81)(H,64,85)(H,65,76)(H,66,82)(H,67,80)(H,68,83)(H,69,86)(H,70,84)(H,77,78)(H4,60,61,62)/t31-,32-,33-,34-,35-,36+,37-,38-,44+,45+,46+/m0/s1. The summed E-state index contributed by atoms with van der Waals surface area (Å²) >= 11 is 0. The molecule has 20 N–H and O–H groups in total. The van der Waals surface area contributed by atoms with Crippen molar-refractivity contribution in [3.63, 3.8) is 0 Å². The normalized spacial score (nSPS) is 25.0. The number of nitrogens with two attached hydrogens (primary N) is 5. The molecule has 0 bridgehead atoms. The second kappa shape index (κ2) is 38.9. The van der Waals surface area contributed by atoms with Crippen LogP contribution in [-0.4, -0.2) is 196 Å². The van der Waals surface area contributed by atoms with Crippen molar-refractivity contribution in [1.29, 1.82) is 0 Å². The van der Waals surface area contributed by atoms with E-state index in [1.807, 2.05) is 0 Å². The maximum Gasteiger partial charge on any atom is 0.305 e. The molecular formula is C56H96N16O16. The number of hydrogen-bond donors (Lipinski definition) is 15. The fourth-order valence-electron chi connectivity index (χ4n) is 10.2. The third kappa shape index (κ3) is 26.8. The van der Waals surface area contributed by atoms with Crippen LogP contribution in [0.1, 0.15) is 163 Å². The topological polar surface area (TPSA) is 525 Å². The summed E-state index contributed by atoms with van der Waals surface area (Å²) < 4.78 is 0. The van der Waals surface area contributed by atoms with Crippen LogP contribution in [0.15, 0.2) is 4.99 Å². The van der Waals surface area contributed by atoms with E-state index in [9.17, 15) is 77.3 Å². The lowest BCUT2D eigenvalue weighted by atomic mass is 9.90. The Labute approximate surface area is 512 Å². The van der Waals surface area contributed by atoms with Gasteiger partial charge in [0.1, 0.15) is 48.3 Å². The maximum atomic E-state index is 14.8. The number of likely N-dealkylation sites (N-methyl/N-ethyl adjacent to an activating group) is 1. The highest BCUT2D eigenvalue weighted by molar-refractivity contribution is 6.00. The second-order valence-electron chi connectivity index (χ2n) is 23.0. The van der Waals surface area contributed by atoms with Crippen LogP contribution in [0.3, 0.4) is 0 Å². The predicted octanol–water partition coefficient (Wildman–Crippen LogP) is -4.14. The molecular weight excluding hydrogens is 1150 g/mol. The van der Waals surface area contributed by atoms with Crippen molar-refractivity contribution >= 4 is 88.7 Å². The number of aliphatic hydroxyl groups is 1. The molecule has 13 amide bonds. The first kappa shape index (κ1) is 75.9. The van der Waals surface area contributed by atoms with E-state index in [4.69, 9.17) is 28.7 Å². The maximum absolute atomic E-state index is 14.8. The number of guanidine groups is 1. The van der Waals surface area contributed by atoms with Crippen molar-refractivity contribution in [2.24, 2.45) is 45.5 Å². The van der Waals surface area contributed by atoms with Gasteiger partial charge in [0.05, 0.1) is 31.8 Å². The number of aliphatic hydroxyl groups excluding tert-OH is 1. The molecule has 2 saturated heterocycles. The molecule has 0 saturated carbocycles. The van der Waals surface area contributed by atoms with Crippen molar-refractivity contribution in [3.8, 4) is 0 Å². The number of aliphatic carboxylic acids is 1. The van der Waals surface area contributed by atoms with Crippen molar-refractivity contribution in [3.05, 3.63) is 0 Å². The van der Waals surface area contributed by atoms with E-state index in [1.165, 1.54) is 26.7 Å². The summed E-state index contributed by atoms with van der Waals surface area (Å²) in [5.41, 5.74) is 27.4. The highest BCUT2D eigenvalue weighted by atomic mass is 16.4. The molecule has 11 atom stereocenters. The van der Waals surface area contributed by atoms with Crippen LogP contribution in [0.4, 0.5) is 0 Å². The molecule has 0 aromatic heterocycles. The molecule has 2 aliphatic rings. The molecule has 2 heterocycles. The molecule has 88 heavy (non-hydrogen) atoms. The lowest BCUT2D eigenvalue weighted by molar-refractivity contribution is -0.150. The molecule has 2 fully saturated rings. The van der Waals surface area contributed by atoms with Crippen LogP contribution in [0, 0.1) is 11.8 Å². The zero-order chi connectivity index (χ0) is 66.4. The summed E-state index contributed by atoms with van der Waals surface area (Å²) in [7, 11) is 1.16. The Kier molecular flexibility index (Phi) is 33.5. The molecule has 496 valence electrons. The molecule has 32 nitrogen and oxygen atoms in total. The lowest BCUT2D eigenvalue weighted by Crippen LogP contribution is -2.62. The summed E-state index contributed by atoms with van der Waals surface area (Å²) in [4.78, 5) is 196. The Morgan fingerprint density at radius 3 is 1.73 bits per heavy atom. The smallest absolute Gasteiger partial charge is 0.305 e. The van der Waals surface area contributed by atoms with Gasteiger partial charge in [0.15, 0.2) is 12.1 Å². The monoisotopic (exact) mass is 1250 g/mol. The summed E-state index contributed by atoms with van der Waals surface area (Å²) in [6, 6.07) is -14.7. The highest BCUT2D eigenvalue weighted by Crippen LogP contribution is 2.24. The molecule has 0 aliphatic carbocycles. The van der Waals surface area contributed by atoms with Gasteiger partial charge in [0.2, 0.25) is 70.9 Å². The van der Waals surface area contributed by atoms with Crippen molar-refractivity contribution < 1.29 is 77.3 Å². The minimum atomic E-state index is -2.04. The van der Waals surface area contributed by atoms with Gasteiger partial charge in [-0.05, 0) is 57.3 Å². The molecule has 0 spiro atoms. The van der Waals surface area contributed by atoms with E-state index >= 15 is 0 Å². The minimum Gasteiger partial charge on any atom is -0.481 e. The first-order chi connectivity index (χ1) is 41.4. The van der Waals surface area contributed by atoms with Crippen LogP contribution < -0.4 is 71.2 Å². The molecule has 0 radical (unpaired) electrons. The van der Waals surface area contributed by atoms with Crippen molar-refractivity contribution in [2.75, 3.05) is 26.7 Å². The average molecular weight is 1250 g/mol. The van der Waals surface area contributed by atoms with Gasteiger partial charge >= 0.3 is 5.97 Å². The molecule has 0 aromatic carbocycles. The van der Waals surface area contributed by atoms with Crippen LogP contribution >= 0.6 is 0 Å². The van der Waals surface area contributed by atoms with E-state index < -0.39 is 194 Å². The molecule has 2 rings (SSSR count). The Hall–Kier alpha value is -8.19. The molecule has 32 heteroatoms. The van der Waals surface area contributed by atoms with Gasteiger partial charge in [0, 0.05) is 26.6 Å². The number of hydrogen-bond acceptors (Lipinski definition) is 16. The van der Waals surface area contributed by atoms with Gasteiger partial charge in [-0.1, -0.05) is 91.9 Å². The summed E-state index contributed by atoms with van der Waals surface area (Å²) in [5.74, 6) is -17.3. The third-order valence-electron chi connectivity index (χ3n) is 15.2. The quantitative estimate of drug-likeness (QED) is 0.0222. The lowest BCUT2D eigenvalue weighted by Gasteiger charge is -2.36. The zero-order valence-electron chi connectivity index (χ0n) is 51.5. The number of amides is 13. The van der Waals surface area contributed by atoms with E-state index in [1.54, 1.807) is 6.92 Å². The van der Waals surface area contributed by atoms with Gasteiger partial charge in [-0.15, -0.1) is 0 Å². The summed E-state index contributed by atoms with van der Waals surface area (Å²) in [6.07, 6.45) is 4.69. The first-order valence-corrected chi connectivity index (χ1v) is 30.2. The summed E-state index contributed by atoms with van der Waals surface area (Å²) in [6.45, 7) is 7.04. The number of carboxylic acids is 1. The predicted molar refractivity (Wildman–Crippen MR) is 318 cm³/mol. The molecule has 0 unspecified atom stereocenters. The van der Waals surface area contributed by atoms with Gasteiger partial charge < -0.3 is 91.2 Å². The van der Waals surface area contributed by atoms with Gasteiger partial charge in [-0.3, -0.25) is 72.1 Å². The van der Waals surface area contributed by atoms with Gasteiger partial charge in [0.25, 0.3) is 5.91 Å². The number of aliphatic imine (C=N–C) groups is 1. The number of rotatable bonds is 26. The van der Waals surface area contributed by atoms with E-state index in [0.717, 1.165) is 68.7 Å². The number of nitrogens with zero attached hydrogens (tertiary/aromatic N) is 3. The molecule has 2 aliphatic heterocycles. The Balaban J connectivity index is 2.80. The van der Waals surface area contributed by atoms with Crippen molar-refractivity contribution in [2.45, 2.75) is 224 Å². The number of fused-ring (bicyclic) bond motifs is 1. The van der Waals surface area contributed by atoms with E-state index in [0.29, 0.717) is 12.8 Å². The Morgan fingerprint density at radius 2 is 1.17 bits per heavy atom. The largest absolute Gasteiger partial charge is 0.481 e. The fourth-order valence-corrected chi connectivity index (χ4v) is 10.2. The van der Waals surface area contributed by atoms with Crippen LogP contribution in [0.5, 0.6) is 0 Å². The molecule has 0 aromatic rings. The van der Waals surface area contributed by atoms with Crippen LogP contribution in [0.25, 0.3) is 0 Å². The van der Waals surface area contributed by atoms with E-state index in [-0.39, 0.29) is 44.7 Å². The SMILES string of the molecule is CCCCCCCCCCCC[C@H](C)[C@H]1NC(=O)[C@@H]2CCCN2C(=O)[C@H](CC(N)=O)N(C)C(=O)[C@H](CCCN=C(N)N)NC(=O)CNC(=O)[C@H](CCC(N)=O)NC(=O)[C@H](CC(N)=O)NC(=O)[C@@H](CC(=O)O)NC(=O)[C@H](C)NC(=O)[C@@H](C(C)C)NC(=O)[C@@H]1O. The number of unbranched alkanes of at least 4 members (excludes halogenated alkanes) is 9. The number of carbonyl (C=O) groups is 14.